The van der Waals surface area contributed by atoms with Gasteiger partial charge in [-0.15, -0.1) is 10.2 Å². The van der Waals surface area contributed by atoms with Gasteiger partial charge in [0.2, 0.25) is 11.9 Å². The molecule has 9 nitrogen and oxygen atoms in total. The number of anilines is 3. The van der Waals surface area contributed by atoms with Gasteiger partial charge < -0.3 is 21.3 Å². The topological polar surface area (TPSA) is 126 Å². The summed E-state index contributed by atoms with van der Waals surface area (Å²) in [5, 5.41) is 14.0. The van der Waals surface area contributed by atoms with Gasteiger partial charge in [0, 0.05) is 24.8 Å². The molecule has 2 aromatic rings. The van der Waals surface area contributed by atoms with Crippen molar-refractivity contribution in [3.05, 3.63) is 48.2 Å². The van der Waals surface area contributed by atoms with Gasteiger partial charge >= 0.3 is 0 Å². The Labute approximate surface area is 156 Å². The molecule has 2 amide bonds. The van der Waals surface area contributed by atoms with Crippen molar-refractivity contribution in [1.82, 2.24) is 20.1 Å². The Morgan fingerprint density at radius 2 is 2.19 bits per heavy atom. The summed E-state index contributed by atoms with van der Waals surface area (Å²) in [6.07, 6.45) is 2.05. The highest BCUT2D eigenvalue weighted by molar-refractivity contribution is 5.96. The minimum atomic E-state index is -0.722. The Bertz CT molecular complexity index is 884. The second-order valence-corrected chi connectivity index (χ2v) is 6.31. The number of aryl methyl sites for hydroxylation is 1. The number of benzene rings is 1. The minimum absolute atomic E-state index is 0.0121. The lowest BCUT2D eigenvalue weighted by molar-refractivity contribution is -0.125. The first kappa shape index (κ1) is 18.3. The van der Waals surface area contributed by atoms with Crippen LogP contribution < -0.4 is 16.4 Å². The first-order valence-electron chi connectivity index (χ1n) is 8.52. The summed E-state index contributed by atoms with van der Waals surface area (Å²) in [5.41, 5.74) is 7.15. The maximum Gasteiger partial charge on any atom is 0.273 e. The Morgan fingerprint density at radius 1 is 1.37 bits per heavy atom. The number of likely N-dealkylation sites (tertiary alicyclic amines) is 1. The number of nitrogens with zero attached hydrogens (tertiary/aromatic N) is 4. The van der Waals surface area contributed by atoms with E-state index in [-0.39, 0.29) is 29.4 Å². The summed E-state index contributed by atoms with van der Waals surface area (Å²) in [7, 11) is 0. The Kier molecular flexibility index (Phi) is 5.30. The second kappa shape index (κ2) is 7.81. The van der Waals surface area contributed by atoms with Gasteiger partial charge in [0.25, 0.3) is 5.91 Å². The van der Waals surface area contributed by atoms with Crippen LogP contribution in [0.4, 0.5) is 17.5 Å². The number of carbonyl (C=O) groups is 2. The van der Waals surface area contributed by atoms with Crippen LogP contribution in [0.3, 0.4) is 0 Å². The molecule has 140 valence electrons. The van der Waals surface area contributed by atoms with Gasteiger partial charge in [-0.1, -0.05) is 18.7 Å². The lowest BCUT2D eigenvalue weighted by atomic mass is 10.2. The van der Waals surface area contributed by atoms with E-state index in [1.807, 2.05) is 31.2 Å². The van der Waals surface area contributed by atoms with Crippen molar-refractivity contribution in [2.45, 2.75) is 19.4 Å². The maximum atomic E-state index is 11.7. The average molecular weight is 367 g/mol. The van der Waals surface area contributed by atoms with E-state index in [9.17, 15) is 9.59 Å². The monoisotopic (exact) mass is 367 g/mol. The molecular weight excluding hydrogens is 346 g/mol. The molecule has 1 aliphatic heterocycles. The third-order valence-corrected chi connectivity index (χ3v) is 4.21. The van der Waals surface area contributed by atoms with Crippen LogP contribution in [0.25, 0.3) is 0 Å². The lowest BCUT2D eigenvalue weighted by Gasteiger charge is -2.16. The first-order valence-corrected chi connectivity index (χ1v) is 8.52. The van der Waals surface area contributed by atoms with E-state index in [1.165, 1.54) is 6.08 Å². The molecule has 0 saturated carbocycles. The zero-order valence-electron chi connectivity index (χ0n) is 15.0. The zero-order chi connectivity index (χ0) is 19.4. The maximum absolute atomic E-state index is 11.7. The molecule has 0 aliphatic carbocycles. The minimum Gasteiger partial charge on any atom is -0.364 e. The normalized spacial score (nSPS) is 16.0. The van der Waals surface area contributed by atoms with Crippen LogP contribution in [0.2, 0.25) is 0 Å². The summed E-state index contributed by atoms with van der Waals surface area (Å²) in [5.74, 6) is -0.347. The third kappa shape index (κ3) is 4.38. The fraction of sp³-hybridized carbons (Fsp3) is 0.278. The molecule has 0 radical (unpaired) electrons. The molecule has 0 spiro atoms. The second-order valence-electron chi connectivity index (χ2n) is 6.31. The molecule has 9 heteroatoms. The first-order chi connectivity index (χ1) is 13.0. The number of hydrogen-bond donors (Lipinski definition) is 3. The highest BCUT2D eigenvalue weighted by atomic mass is 16.2. The Balaban J connectivity index is 1.78. The average Bonchev–Trinajstić information content (AvgIpc) is 3.09. The van der Waals surface area contributed by atoms with Crippen LogP contribution in [0.1, 0.15) is 22.5 Å². The van der Waals surface area contributed by atoms with E-state index >= 15 is 0 Å². The smallest absolute Gasteiger partial charge is 0.273 e. The number of nitrogens with one attached hydrogen (secondary N) is 2. The molecule has 2 heterocycles. The van der Waals surface area contributed by atoms with E-state index in [0.29, 0.717) is 13.1 Å². The highest BCUT2D eigenvalue weighted by Gasteiger charge is 2.26. The summed E-state index contributed by atoms with van der Waals surface area (Å²) < 4.78 is 0. The quantitative estimate of drug-likeness (QED) is 0.655. The van der Waals surface area contributed by atoms with Crippen LogP contribution in [0, 0.1) is 6.92 Å². The number of nitrogens with two attached hydrogens (primary N) is 1. The number of primary amides is 1. The molecule has 1 saturated heterocycles. The van der Waals surface area contributed by atoms with Gasteiger partial charge in [0.15, 0.2) is 11.5 Å². The largest absolute Gasteiger partial charge is 0.364 e. The van der Waals surface area contributed by atoms with Crippen LogP contribution >= 0.6 is 0 Å². The van der Waals surface area contributed by atoms with E-state index < -0.39 is 5.91 Å². The van der Waals surface area contributed by atoms with Gasteiger partial charge in [-0.3, -0.25) is 9.59 Å². The van der Waals surface area contributed by atoms with Crippen molar-refractivity contribution in [1.29, 1.82) is 0 Å². The van der Waals surface area contributed by atoms with Crippen molar-refractivity contribution < 1.29 is 9.59 Å². The number of hydrogen-bond acceptors (Lipinski definition) is 7. The molecule has 1 aromatic carbocycles. The van der Waals surface area contributed by atoms with Gasteiger partial charge in [-0.25, -0.2) is 0 Å². The molecule has 1 aromatic heterocycles. The molecule has 3 rings (SSSR count). The standard InChI is InChI=1S/C18H21N7O2/c1-3-14(26)25-8-7-13(10-25)21-18-22-17(15(16(19)27)23-24-18)20-12-6-4-5-11(2)9-12/h3-6,9,13H,1,7-8,10H2,2H3,(H2,19,27)(H2,20,21,22,24)/t13-/m1/s1. The fourth-order valence-electron chi connectivity index (χ4n) is 2.89. The van der Waals surface area contributed by atoms with Crippen molar-refractivity contribution in [2.75, 3.05) is 23.7 Å². The Morgan fingerprint density at radius 3 is 2.89 bits per heavy atom. The molecule has 1 atom stereocenters. The van der Waals surface area contributed by atoms with Crippen LogP contribution in [-0.4, -0.2) is 51.0 Å². The molecular formula is C18H21N7O2. The van der Waals surface area contributed by atoms with E-state index in [2.05, 4.69) is 32.4 Å². The van der Waals surface area contributed by atoms with Crippen LogP contribution in [0.15, 0.2) is 36.9 Å². The van der Waals surface area contributed by atoms with E-state index in [4.69, 9.17) is 5.73 Å². The number of rotatable bonds is 6. The predicted molar refractivity (Wildman–Crippen MR) is 102 cm³/mol. The molecule has 1 fully saturated rings. The molecule has 0 bridgehead atoms. The van der Waals surface area contributed by atoms with E-state index in [0.717, 1.165) is 17.7 Å². The van der Waals surface area contributed by atoms with Crippen LogP contribution in [0.5, 0.6) is 0 Å². The molecule has 4 N–H and O–H groups in total. The number of carbonyl (C=O) groups excluding carboxylic acids is 2. The summed E-state index contributed by atoms with van der Waals surface area (Å²) in [6.45, 7) is 6.61. The van der Waals surface area contributed by atoms with Gasteiger partial charge in [-0.05, 0) is 37.1 Å². The molecule has 1 aliphatic rings. The SMILES string of the molecule is C=CC(=O)N1CC[C@@H](Nc2nnc(C(N)=O)c(Nc3cccc(C)c3)n2)C1. The predicted octanol–water partition coefficient (Wildman–Crippen LogP) is 1.22. The third-order valence-electron chi connectivity index (χ3n) is 4.21. The van der Waals surface area contributed by atoms with Crippen molar-refractivity contribution in [2.24, 2.45) is 5.73 Å². The zero-order valence-corrected chi connectivity index (χ0v) is 15.0. The van der Waals surface area contributed by atoms with Gasteiger partial charge in [-0.2, -0.15) is 4.98 Å². The molecule has 27 heavy (non-hydrogen) atoms. The summed E-state index contributed by atoms with van der Waals surface area (Å²) >= 11 is 0. The summed E-state index contributed by atoms with van der Waals surface area (Å²) in [6, 6.07) is 7.60. The summed E-state index contributed by atoms with van der Waals surface area (Å²) in [4.78, 5) is 29.4. The molecule has 0 unspecified atom stereocenters. The van der Waals surface area contributed by atoms with Crippen molar-refractivity contribution in [3.63, 3.8) is 0 Å². The van der Waals surface area contributed by atoms with Gasteiger partial charge in [0.05, 0.1) is 0 Å². The highest BCUT2D eigenvalue weighted by Crippen LogP contribution is 2.20. The lowest BCUT2D eigenvalue weighted by Crippen LogP contribution is -2.30. The van der Waals surface area contributed by atoms with Crippen LogP contribution in [-0.2, 0) is 4.79 Å². The van der Waals surface area contributed by atoms with Crippen molar-refractivity contribution in [3.8, 4) is 0 Å². The van der Waals surface area contributed by atoms with Crippen molar-refractivity contribution >= 4 is 29.3 Å². The van der Waals surface area contributed by atoms with E-state index in [1.54, 1.807) is 4.90 Å². The fourth-order valence-corrected chi connectivity index (χ4v) is 2.89. The Hall–Kier alpha value is -3.49. The number of aromatic nitrogens is 3. The van der Waals surface area contributed by atoms with Gasteiger partial charge in [0.1, 0.15) is 0 Å². The number of amides is 2.